The molecule has 1 atom stereocenters. The van der Waals surface area contributed by atoms with Gasteiger partial charge in [0.15, 0.2) is 7.38 Å². The molecule has 1 aliphatic carbocycles. The Hall–Kier alpha value is -0.240. The zero-order chi connectivity index (χ0) is 14.2. The van der Waals surface area contributed by atoms with Crippen LogP contribution in [0.15, 0.2) is 54.6 Å². The van der Waals surface area contributed by atoms with Gasteiger partial charge in [-0.25, -0.2) is 0 Å². The topological polar surface area (TPSA) is 0 Å². The molecule has 3 aromatic rings. The Labute approximate surface area is 179 Å². The summed E-state index contributed by atoms with van der Waals surface area (Å²) in [4.78, 5) is 0. The summed E-state index contributed by atoms with van der Waals surface area (Å²) >= 11 is 6.92. The van der Waals surface area contributed by atoms with E-state index in [1.807, 2.05) is 0 Å². The van der Waals surface area contributed by atoms with Crippen molar-refractivity contribution < 1.29 is 51.0 Å². The summed E-state index contributed by atoms with van der Waals surface area (Å²) in [6.45, 7) is 2.27. The maximum atomic E-state index is 6.92. The van der Waals surface area contributed by atoms with Gasteiger partial charge in [0.1, 0.15) is 0 Å². The summed E-state index contributed by atoms with van der Waals surface area (Å²) in [7, 11) is -1.83. The summed E-state index contributed by atoms with van der Waals surface area (Å²) in [6.07, 6.45) is 7.67. The quantitative estimate of drug-likeness (QED) is 0.227. The third-order valence-electron chi connectivity index (χ3n) is 4.91. The minimum atomic E-state index is -1.83. The number of rotatable bonds is 1. The molecule has 0 bridgehead atoms. The molecule has 5 rings (SSSR count). The molecule has 2 aliphatic rings. The molecule has 5 heteroatoms. The van der Waals surface area contributed by atoms with E-state index in [-0.39, 0.29) is 51.0 Å². The molecule has 1 unspecified atom stereocenters. The fourth-order valence-electron chi connectivity index (χ4n) is 3.85. The average Bonchev–Trinajstić information content (AvgIpc) is 2.93. The van der Waals surface area contributed by atoms with Gasteiger partial charge in [0.05, 0.1) is 0 Å². The van der Waals surface area contributed by atoms with Crippen LogP contribution in [0.25, 0.3) is 27.1 Å². The third kappa shape index (κ3) is 2.63. The number of halogens is 3. The van der Waals surface area contributed by atoms with E-state index in [1.54, 1.807) is 0 Å². The predicted molar refractivity (Wildman–Crippen MR) is 95.5 cm³/mol. The van der Waals surface area contributed by atoms with Crippen LogP contribution >= 0.6 is 11.1 Å². The van der Waals surface area contributed by atoms with Gasteiger partial charge in [-0.3, -0.25) is 0 Å². The van der Waals surface area contributed by atoms with Gasteiger partial charge in [-0.2, -0.15) is 11.1 Å². The Kier molecular flexibility index (Phi) is 5.70. The van der Waals surface area contributed by atoms with Crippen LogP contribution in [-0.4, -0.2) is 7.38 Å². The first-order valence-corrected chi connectivity index (χ1v) is 10.9. The standard InChI is InChI=1S/C19H14ClSi.2ClH.Zr/c1-21(20)18-15(12-6-2-3-7-12)11-16-14-9-5-4-8-13(14)10-17(16)19(18)21;;;/h2-6,8-11H,7H2,1H3;2*1H;/q-1;;;+3/p-2. The third-order valence-corrected chi connectivity index (χ3v) is 8.71. The molecule has 24 heavy (non-hydrogen) atoms. The van der Waals surface area contributed by atoms with Crippen molar-refractivity contribution in [2.45, 2.75) is 13.0 Å². The Bertz CT molecular complexity index is 999. The molecule has 119 valence electrons. The first kappa shape index (κ1) is 20.1. The van der Waals surface area contributed by atoms with Crippen molar-refractivity contribution >= 4 is 56.0 Å². The van der Waals surface area contributed by atoms with Crippen molar-refractivity contribution in [1.29, 1.82) is 0 Å². The van der Waals surface area contributed by atoms with Crippen molar-refractivity contribution in [3.63, 3.8) is 0 Å². The molecule has 0 nitrogen and oxygen atoms in total. The van der Waals surface area contributed by atoms with E-state index in [9.17, 15) is 0 Å². The number of allylic oxidation sites excluding steroid dienone is 4. The van der Waals surface area contributed by atoms with Crippen LogP contribution in [0.4, 0.5) is 0 Å². The minimum absolute atomic E-state index is 0. The fourth-order valence-corrected chi connectivity index (χ4v) is 8.11. The SMILES string of the molecule is C[Si]1(Cl)c2c(C3=CC=CC3)cc3c([cH-]c4ccccc43)c21.[Cl-].[Cl-].[Zr+3]. The predicted octanol–water partition coefficient (Wildman–Crippen LogP) is -1.70. The molecule has 3 aromatic carbocycles. The molecule has 1 heterocycles. The van der Waals surface area contributed by atoms with Crippen LogP contribution in [0.3, 0.4) is 0 Å². The Morgan fingerprint density at radius 1 is 1.08 bits per heavy atom. The van der Waals surface area contributed by atoms with Crippen molar-refractivity contribution in [3.8, 4) is 0 Å². The van der Waals surface area contributed by atoms with Gasteiger partial charge in [-0.05, 0) is 17.6 Å². The average molecular weight is 468 g/mol. The summed E-state index contributed by atoms with van der Waals surface area (Å²) in [5, 5.41) is 8.41. The fraction of sp³-hybridized carbons (Fsp3) is 0.105. The second-order valence-electron chi connectivity index (χ2n) is 6.19. The van der Waals surface area contributed by atoms with Crippen molar-refractivity contribution in [2.24, 2.45) is 0 Å². The molecule has 1 radical (unpaired) electrons. The van der Waals surface area contributed by atoms with Crippen LogP contribution < -0.4 is 35.2 Å². The van der Waals surface area contributed by atoms with Gasteiger partial charge in [0.25, 0.3) is 0 Å². The Morgan fingerprint density at radius 2 is 1.83 bits per heavy atom. The van der Waals surface area contributed by atoms with E-state index in [1.165, 1.54) is 43.1 Å². The molecule has 0 amide bonds. The maximum Gasteiger partial charge on any atom is 3.00 e. The second-order valence-corrected chi connectivity index (χ2v) is 11.5. The maximum absolute atomic E-state index is 6.92. The Morgan fingerprint density at radius 3 is 2.54 bits per heavy atom. The van der Waals surface area contributed by atoms with Crippen molar-refractivity contribution in [2.75, 3.05) is 0 Å². The zero-order valence-electron chi connectivity index (χ0n) is 13.0. The normalized spacial score (nSPS) is 20.0. The Balaban J connectivity index is 0.000000694. The number of benzene rings is 2. The van der Waals surface area contributed by atoms with Gasteiger partial charge in [-0.1, -0.05) is 59.4 Å². The number of hydrogen-bond donors (Lipinski definition) is 0. The van der Waals surface area contributed by atoms with Gasteiger partial charge < -0.3 is 24.8 Å². The van der Waals surface area contributed by atoms with E-state index >= 15 is 0 Å². The van der Waals surface area contributed by atoms with Crippen molar-refractivity contribution in [3.05, 3.63) is 60.2 Å². The largest absolute Gasteiger partial charge is 3.00 e. The van der Waals surface area contributed by atoms with Crippen molar-refractivity contribution in [1.82, 2.24) is 0 Å². The molecule has 0 saturated heterocycles. The van der Waals surface area contributed by atoms with E-state index < -0.39 is 7.38 Å². The van der Waals surface area contributed by atoms with E-state index in [0.29, 0.717) is 0 Å². The first-order valence-electron chi connectivity index (χ1n) is 7.39. The summed E-state index contributed by atoms with van der Waals surface area (Å²) in [6, 6.07) is 13.4. The molecular formula is C19H14Cl3SiZr. The summed E-state index contributed by atoms with van der Waals surface area (Å²) in [5.74, 6) is 0. The molecule has 0 spiro atoms. The zero-order valence-corrected chi connectivity index (χ0v) is 18.8. The van der Waals surface area contributed by atoms with E-state index in [2.05, 4.69) is 61.2 Å². The van der Waals surface area contributed by atoms with Gasteiger partial charge in [0.2, 0.25) is 0 Å². The molecule has 0 saturated carbocycles. The summed E-state index contributed by atoms with van der Waals surface area (Å²) < 4.78 is 0. The smallest absolute Gasteiger partial charge is 1.00 e. The minimum Gasteiger partial charge on any atom is -1.00 e. The molecular weight excluding hydrogens is 454 g/mol. The van der Waals surface area contributed by atoms with Crippen LogP contribution in [0.5, 0.6) is 0 Å². The molecule has 0 N–H and O–H groups in total. The number of hydrogen-bond acceptors (Lipinski definition) is 0. The van der Waals surface area contributed by atoms with E-state index in [4.69, 9.17) is 11.1 Å². The van der Waals surface area contributed by atoms with Gasteiger partial charge in [-0.15, -0.1) is 33.7 Å². The van der Waals surface area contributed by atoms with E-state index in [0.717, 1.165) is 6.42 Å². The van der Waals surface area contributed by atoms with Crippen LogP contribution in [0.2, 0.25) is 6.55 Å². The van der Waals surface area contributed by atoms with Crippen LogP contribution in [0.1, 0.15) is 12.0 Å². The number of fused-ring (bicyclic) bond motifs is 5. The molecule has 1 aliphatic heterocycles. The van der Waals surface area contributed by atoms with Crippen LogP contribution in [0, 0.1) is 0 Å². The first-order chi connectivity index (χ1) is 10.2. The van der Waals surface area contributed by atoms with Crippen LogP contribution in [-0.2, 0) is 26.2 Å². The molecule has 0 fully saturated rings. The second kappa shape index (κ2) is 6.82. The molecule has 0 aromatic heterocycles. The summed E-state index contributed by atoms with van der Waals surface area (Å²) in [5.41, 5.74) is 2.83. The monoisotopic (exact) mass is 465 g/mol. The van der Waals surface area contributed by atoms with Gasteiger partial charge in [0, 0.05) is 0 Å². The van der Waals surface area contributed by atoms with Gasteiger partial charge >= 0.3 is 26.2 Å².